The number of halogens is 1. The van der Waals surface area contributed by atoms with Crippen LogP contribution in [0.2, 0.25) is 5.02 Å². The fourth-order valence-corrected chi connectivity index (χ4v) is 1.82. The summed E-state index contributed by atoms with van der Waals surface area (Å²) in [6.45, 7) is 2.16. The number of ether oxygens (including phenoxy) is 1. The largest absolute Gasteiger partial charge is 0.489 e. The van der Waals surface area contributed by atoms with E-state index >= 15 is 0 Å². The van der Waals surface area contributed by atoms with Crippen molar-refractivity contribution in [3.8, 4) is 5.75 Å². The van der Waals surface area contributed by atoms with E-state index in [2.05, 4.69) is 5.16 Å². The van der Waals surface area contributed by atoms with Crippen LogP contribution < -0.4 is 4.74 Å². The molecule has 0 aliphatic heterocycles. The quantitative estimate of drug-likeness (QED) is 0.518. The summed E-state index contributed by atoms with van der Waals surface area (Å²) in [6.07, 6.45) is 0. The number of rotatable bonds is 4. The monoisotopic (exact) mass is 275 g/mol. The van der Waals surface area contributed by atoms with Crippen LogP contribution in [0.1, 0.15) is 18.1 Å². The molecule has 0 saturated carbocycles. The average Bonchev–Trinajstić information content (AvgIpc) is 2.46. The van der Waals surface area contributed by atoms with Crippen molar-refractivity contribution in [2.75, 3.05) is 0 Å². The van der Waals surface area contributed by atoms with Gasteiger partial charge in [-0.05, 0) is 42.8 Å². The fraction of sp³-hybridized carbons (Fsp3) is 0.133. The van der Waals surface area contributed by atoms with E-state index < -0.39 is 0 Å². The van der Waals surface area contributed by atoms with Crippen molar-refractivity contribution in [2.45, 2.75) is 13.5 Å². The summed E-state index contributed by atoms with van der Waals surface area (Å²) in [4.78, 5) is 0. The molecule has 1 N–H and O–H groups in total. The predicted octanol–water partition coefficient (Wildman–Crippen LogP) is 4.12. The van der Waals surface area contributed by atoms with Gasteiger partial charge in [0.15, 0.2) is 0 Å². The lowest BCUT2D eigenvalue weighted by Crippen LogP contribution is -1.97. The van der Waals surface area contributed by atoms with E-state index in [1.54, 1.807) is 6.92 Å². The molecular formula is C15H14ClNO2. The molecule has 0 aromatic heterocycles. The van der Waals surface area contributed by atoms with Crippen LogP contribution in [0, 0.1) is 0 Å². The van der Waals surface area contributed by atoms with E-state index in [4.69, 9.17) is 21.5 Å². The van der Waals surface area contributed by atoms with E-state index in [1.807, 2.05) is 48.5 Å². The van der Waals surface area contributed by atoms with Crippen LogP contribution >= 0.6 is 11.6 Å². The minimum atomic E-state index is 0.423. The third kappa shape index (κ3) is 3.48. The molecule has 2 aromatic rings. The summed E-state index contributed by atoms with van der Waals surface area (Å²) in [5, 5.41) is 12.5. The van der Waals surface area contributed by atoms with Crippen LogP contribution in [0.4, 0.5) is 0 Å². The first-order valence-corrected chi connectivity index (χ1v) is 6.24. The number of hydrogen-bond donors (Lipinski definition) is 1. The smallest absolute Gasteiger partial charge is 0.119 e. The summed E-state index contributed by atoms with van der Waals surface area (Å²) in [6, 6.07) is 14.9. The zero-order valence-corrected chi connectivity index (χ0v) is 11.3. The molecule has 0 aliphatic carbocycles. The van der Waals surface area contributed by atoms with E-state index in [0.717, 1.165) is 16.9 Å². The van der Waals surface area contributed by atoms with Crippen LogP contribution in [-0.2, 0) is 6.61 Å². The van der Waals surface area contributed by atoms with Gasteiger partial charge in [-0.25, -0.2) is 0 Å². The maximum absolute atomic E-state index is 8.68. The number of benzene rings is 2. The second kappa shape index (κ2) is 6.25. The van der Waals surface area contributed by atoms with Crippen molar-refractivity contribution in [1.82, 2.24) is 0 Å². The molecule has 0 heterocycles. The van der Waals surface area contributed by atoms with Gasteiger partial charge in [0.1, 0.15) is 12.4 Å². The van der Waals surface area contributed by atoms with Gasteiger partial charge in [-0.15, -0.1) is 0 Å². The lowest BCUT2D eigenvalue weighted by Gasteiger charge is -2.08. The fourth-order valence-electron chi connectivity index (χ4n) is 1.63. The van der Waals surface area contributed by atoms with Gasteiger partial charge in [0.25, 0.3) is 0 Å². The molecular weight excluding hydrogens is 262 g/mol. The van der Waals surface area contributed by atoms with Gasteiger partial charge < -0.3 is 9.94 Å². The van der Waals surface area contributed by atoms with E-state index in [-0.39, 0.29) is 0 Å². The first-order chi connectivity index (χ1) is 9.20. The zero-order valence-electron chi connectivity index (χ0n) is 10.5. The molecule has 2 aromatic carbocycles. The highest BCUT2D eigenvalue weighted by Crippen LogP contribution is 2.19. The molecule has 0 atom stereocenters. The summed E-state index contributed by atoms with van der Waals surface area (Å²) in [5.41, 5.74) is 2.37. The number of nitrogens with zero attached hydrogens (tertiary/aromatic N) is 1. The Bertz CT molecular complexity index is 579. The Kier molecular flexibility index (Phi) is 4.42. The van der Waals surface area contributed by atoms with Crippen molar-refractivity contribution in [3.05, 3.63) is 64.7 Å². The molecule has 19 heavy (non-hydrogen) atoms. The highest BCUT2D eigenvalue weighted by molar-refractivity contribution is 6.31. The van der Waals surface area contributed by atoms with Crippen LogP contribution in [0.15, 0.2) is 53.7 Å². The average molecular weight is 276 g/mol. The van der Waals surface area contributed by atoms with Crippen molar-refractivity contribution in [1.29, 1.82) is 0 Å². The Hall–Kier alpha value is -2.00. The molecule has 0 aliphatic rings. The van der Waals surface area contributed by atoms with Crippen molar-refractivity contribution < 1.29 is 9.94 Å². The van der Waals surface area contributed by atoms with Crippen molar-refractivity contribution >= 4 is 17.3 Å². The minimum absolute atomic E-state index is 0.423. The van der Waals surface area contributed by atoms with Crippen LogP contribution in [0.5, 0.6) is 5.75 Å². The second-order valence-corrected chi connectivity index (χ2v) is 4.50. The van der Waals surface area contributed by atoms with Crippen molar-refractivity contribution in [2.24, 2.45) is 5.16 Å². The molecule has 0 amide bonds. The van der Waals surface area contributed by atoms with Gasteiger partial charge in [-0.3, -0.25) is 0 Å². The lowest BCUT2D eigenvalue weighted by molar-refractivity contribution is 0.306. The van der Waals surface area contributed by atoms with Crippen LogP contribution in [0.3, 0.4) is 0 Å². The van der Waals surface area contributed by atoms with Gasteiger partial charge in [-0.2, -0.15) is 0 Å². The highest BCUT2D eigenvalue weighted by Gasteiger charge is 2.02. The summed E-state index contributed by atoms with van der Waals surface area (Å²) in [7, 11) is 0. The van der Waals surface area contributed by atoms with Crippen LogP contribution in [0.25, 0.3) is 0 Å². The van der Waals surface area contributed by atoms with Gasteiger partial charge >= 0.3 is 0 Å². The molecule has 3 nitrogen and oxygen atoms in total. The normalized spacial score (nSPS) is 11.4. The second-order valence-electron chi connectivity index (χ2n) is 4.09. The number of oxime groups is 1. The highest BCUT2D eigenvalue weighted by atomic mass is 35.5. The number of hydrogen-bond acceptors (Lipinski definition) is 3. The minimum Gasteiger partial charge on any atom is -0.489 e. The SMILES string of the molecule is C/C(=N\O)c1ccc(OCc2ccccc2Cl)cc1. The predicted molar refractivity (Wildman–Crippen MR) is 76.2 cm³/mol. The van der Waals surface area contributed by atoms with Gasteiger partial charge in [-0.1, -0.05) is 35.0 Å². The summed E-state index contributed by atoms with van der Waals surface area (Å²) < 4.78 is 5.65. The van der Waals surface area contributed by atoms with Gasteiger partial charge in [0, 0.05) is 10.6 Å². The Morgan fingerprint density at radius 2 is 1.84 bits per heavy atom. The molecule has 98 valence electrons. The third-order valence-electron chi connectivity index (χ3n) is 2.77. The van der Waals surface area contributed by atoms with E-state index in [0.29, 0.717) is 17.3 Å². The molecule has 0 fully saturated rings. The van der Waals surface area contributed by atoms with Gasteiger partial charge in [0.05, 0.1) is 5.71 Å². The molecule has 0 spiro atoms. The summed E-state index contributed by atoms with van der Waals surface area (Å²) in [5.74, 6) is 0.745. The maximum atomic E-state index is 8.68. The molecule has 0 saturated heterocycles. The topological polar surface area (TPSA) is 41.8 Å². The standard InChI is InChI=1S/C15H14ClNO2/c1-11(17-18)12-6-8-14(9-7-12)19-10-13-4-2-3-5-15(13)16/h2-9,18H,10H2,1H3/b17-11+. The molecule has 2 rings (SSSR count). The molecule has 0 bridgehead atoms. The van der Waals surface area contributed by atoms with Crippen LogP contribution in [-0.4, -0.2) is 10.9 Å². The Balaban J connectivity index is 2.03. The van der Waals surface area contributed by atoms with E-state index in [9.17, 15) is 0 Å². The Labute approximate surface area is 117 Å². The van der Waals surface area contributed by atoms with Crippen molar-refractivity contribution in [3.63, 3.8) is 0 Å². The Morgan fingerprint density at radius 1 is 1.16 bits per heavy atom. The maximum Gasteiger partial charge on any atom is 0.119 e. The molecule has 0 unspecified atom stereocenters. The summed E-state index contributed by atoms with van der Waals surface area (Å²) >= 11 is 6.05. The molecule has 0 radical (unpaired) electrons. The third-order valence-corrected chi connectivity index (χ3v) is 3.14. The Morgan fingerprint density at radius 3 is 2.47 bits per heavy atom. The van der Waals surface area contributed by atoms with Gasteiger partial charge in [0.2, 0.25) is 0 Å². The molecule has 4 heteroatoms. The first kappa shape index (κ1) is 13.4. The zero-order chi connectivity index (χ0) is 13.7. The lowest BCUT2D eigenvalue weighted by atomic mass is 10.1. The van der Waals surface area contributed by atoms with E-state index in [1.165, 1.54) is 0 Å². The first-order valence-electron chi connectivity index (χ1n) is 5.86.